The van der Waals surface area contributed by atoms with Crippen LogP contribution in [0.5, 0.6) is 0 Å². The average molecular weight is 957 g/mol. The number of rotatable bonds is 51. The first kappa shape index (κ1) is 64.2. The fourth-order valence-electron chi connectivity index (χ4n) is 9.85. The lowest BCUT2D eigenvalue weighted by Gasteiger charge is -2.40. The second-order valence-corrected chi connectivity index (χ2v) is 20.9. The highest BCUT2D eigenvalue weighted by Gasteiger charge is 2.44. The molecular formula is C57H113NO9. The zero-order chi connectivity index (χ0) is 48.8. The fraction of sp³-hybridized carbons (Fsp3) is 0.982. The van der Waals surface area contributed by atoms with Crippen molar-refractivity contribution in [2.45, 2.75) is 345 Å². The normalized spacial score (nSPS) is 20.0. The fourth-order valence-corrected chi connectivity index (χ4v) is 9.85. The first-order chi connectivity index (χ1) is 32.8. The molecule has 2 unspecified atom stereocenters. The summed E-state index contributed by atoms with van der Waals surface area (Å²) in [5, 5.41) is 65.5. The van der Waals surface area contributed by atoms with Gasteiger partial charge in [-0.1, -0.05) is 277 Å². The summed E-state index contributed by atoms with van der Waals surface area (Å²) in [5.41, 5.74) is 0. The summed E-state index contributed by atoms with van der Waals surface area (Å²) in [6.07, 6.45) is 45.7. The summed E-state index contributed by atoms with van der Waals surface area (Å²) in [6.45, 7) is 3.65. The predicted octanol–water partition coefficient (Wildman–Crippen LogP) is 13.2. The number of carbonyl (C=O) groups excluding carboxylic acids is 1. The molecular weight excluding hydrogens is 843 g/mol. The average Bonchev–Trinajstić information content (AvgIpc) is 3.33. The lowest BCUT2D eigenvalue weighted by Crippen LogP contribution is -2.60. The zero-order valence-corrected chi connectivity index (χ0v) is 44.1. The van der Waals surface area contributed by atoms with E-state index in [9.17, 15) is 35.4 Å². The van der Waals surface area contributed by atoms with Crippen molar-refractivity contribution in [3.8, 4) is 0 Å². The summed E-state index contributed by atoms with van der Waals surface area (Å²) in [6, 6.07) is -0.986. The smallest absolute Gasteiger partial charge is 0.220 e. The van der Waals surface area contributed by atoms with Crippen LogP contribution in [0.4, 0.5) is 0 Å². The highest BCUT2D eigenvalue weighted by molar-refractivity contribution is 5.76. The largest absolute Gasteiger partial charge is 0.394 e. The second-order valence-electron chi connectivity index (χ2n) is 20.9. The van der Waals surface area contributed by atoms with E-state index in [4.69, 9.17) is 9.47 Å². The minimum Gasteiger partial charge on any atom is -0.394 e. The molecule has 10 heteroatoms. The van der Waals surface area contributed by atoms with Gasteiger partial charge in [-0.05, 0) is 12.8 Å². The third-order valence-electron chi connectivity index (χ3n) is 14.6. The second kappa shape index (κ2) is 47.5. The first-order valence-electron chi connectivity index (χ1n) is 29.3. The summed E-state index contributed by atoms with van der Waals surface area (Å²) < 4.78 is 11.2. The van der Waals surface area contributed by atoms with Crippen LogP contribution in [0.15, 0.2) is 0 Å². The van der Waals surface area contributed by atoms with Gasteiger partial charge in [0.1, 0.15) is 30.5 Å². The van der Waals surface area contributed by atoms with E-state index in [1.54, 1.807) is 0 Å². The Kier molecular flexibility index (Phi) is 45.5. The highest BCUT2D eigenvalue weighted by Crippen LogP contribution is 2.24. The Bertz CT molecular complexity index is 1040. The van der Waals surface area contributed by atoms with Crippen LogP contribution >= 0.6 is 0 Å². The van der Waals surface area contributed by atoms with Crippen LogP contribution in [-0.2, 0) is 14.3 Å². The van der Waals surface area contributed by atoms with Gasteiger partial charge in [-0.3, -0.25) is 4.79 Å². The Labute approximate surface area is 413 Å². The number of hydrogen-bond donors (Lipinski definition) is 7. The molecule has 0 radical (unpaired) electrons. The van der Waals surface area contributed by atoms with E-state index in [2.05, 4.69) is 19.2 Å². The molecule has 0 aromatic heterocycles. The Morgan fingerprint density at radius 1 is 0.463 bits per heavy atom. The van der Waals surface area contributed by atoms with Gasteiger partial charge >= 0.3 is 0 Å². The quantitative estimate of drug-likeness (QED) is 0.0293. The van der Waals surface area contributed by atoms with Gasteiger partial charge < -0.3 is 45.4 Å². The van der Waals surface area contributed by atoms with E-state index in [1.165, 1.54) is 231 Å². The van der Waals surface area contributed by atoms with E-state index < -0.39 is 55.6 Å². The monoisotopic (exact) mass is 956 g/mol. The van der Waals surface area contributed by atoms with Crippen molar-refractivity contribution in [2.75, 3.05) is 13.2 Å². The molecule has 0 aromatic rings. The number of unbranched alkanes of at least 4 members (excludes halogenated alkanes) is 40. The number of aliphatic hydroxyl groups excluding tert-OH is 6. The molecule has 7 N–H and O–H groups in total. The van der Waals surface area contributed by atoms with Crippen molar-refractivity contribution >= 4 is 5.91 Å². The number of ether oxygens (including phenoxy) is 2. The summed E-state index contributed by atoms with van der Waals surface area (Å²) in [4.78, 5) is 13.1. The molecule has 0 saturated carbocycles. The van der Waals surface area contributed by atoms with Crippen LogP contribution < -0.4 is 5.32 Å². The van der Waals surface area contributed by atoms with Crippen molar-refractivity contribution in [2.24, 2.45) is 0 Å². The predicted molar refractivity (Wildman–Crippen MR) is 278 cm³/mol. The minimum atomic E-state index is -1.60. The van der Waals surface area contributed by atoms with Gasteiger partial charge in [0.25, 0.3) is 0 Å². The maximum atomic E-state index is 13.1. The lowest BCUT2D eigenvalue weighted by molar-refractivity contribution is -0.303. The number of carbonyl (C=O) groups is 1. The van der Waals surface area contributed by atoms with E-state index in [0.717, 1.165) is 38.5 Å². The van der Waals surface area contributed by atoms with E-state index in [1.807, 2.05) is 0 Å². The zero-order valence-electron chi connectivity index (χ0n) is 44.1. The van der Waals surface area contributed by atoms with Crippen molar-refractivity contribution < 1.29 is 44.9 Å². The molecule has 67 heavy (non-hydrogen) atoms. The molecule has 1 aliphatic rings. The SMILES string of the molecule is CCCCCCCCCCCCCCCCCCCCCCCCCCCCCCCC(=O)N[C@@H](CO[C@@H]1O[C@H](CO)[C@H](O)C(O)C1O)[C@H](O)[C@H](O)CCCCCCCCCCCCCCC. The standard InChI is InChI=1S/C57H113NO9/c1-3-5-7-9-11-13-15-17-18-19-20-21-22-23-24-25-26-27-28-29-30-31-32-34-36-38-40-42-44-46-52(61)58-49(48-66-57-56(65)55(64)54(63)51(47-59)67-57)53(62)50(60)45-43-41-39-37-35-33-16-14-12-10-8-6-4-2/h49-51,53-57,59-60,62-65H,3-48H2,1-2H3,(H,58,61)/t49-,50+,51+,53-,54-,55?,56?,57+/m0/s1. The van der Waals surface area contributed by atoms with Crippen LogP contribution in [0.1, 0.15) is 296 Å². The summed E-state index contributed by atoms with van der Waals surface area (Å²) >= 11 is 0. The van der Waals surface area contributed by atoms with Crippen molar-refractivity contribution in [3.05, 3.63) is 0 Å². The Morgan fingerprint density at radius 3 is 1.10 bits per heavy atom. The van der Waals surface area contributed by atoms with Crippen molar-refractivity contribution in [1.82, 2.24) is 5.32 Å². The topological polar surface area (TPSA) is 169 Å². The van der Waals surface area contributed by atoms with E-state index in [-0.39, 0.29) is 18.9 Å². The van der Waals surface area contributed by atoms with Gasteiger partial charge in [-0.25, -0.2) is 0 Å². The molecule has 1 aliphatic heterocycles. The van der Waals surface area contributed by atoms with Crippen LogP contribution in [0.2, 0.25) is 0 Å². The molecule has 0 aromatic carbocycles. The first-order valence-corrected chi connectivity index (χ1v) is 29.3. The molecule has 0 spiro atoms. The number of aliphatic hydroxyl groups is 6. The molecule has 1 saturated heterocycles. The van der Waals surface area contributed by atoms with Crippen LogP contribution in [0.3, 0.4) is 0 Å². The van der Waals surface area contributed by atoms with Crippen molar-refractivity contribution in [3.63, 3.8) is 0 Å². The van der Waals surface area contributed by atoms with Gasteiger partial charge in [-0.15, -0.1) is 0 Å². The highest BCUT2D eigenvalue weighted by atomic mass is 16.7. The van der Waals surface area contributed by atoms with E-state index >= 15 is 0 Å². The maximum Gasteiger partial charge on any atom is 0.220 e. The van der Waals surface area contributed by atoms with Crippen LogP contribution in [0, 0.1) is 0 Å². The molecule has 400 valence electrons. The Hall–Kier alpha value is -0.850. The Balaban J connectivity index is 2.16. The molecule has 1 heterocycles. The molecule has 8 atom stereocenters. The third kappa shape index (κ3) is 36.7. The van der Waals surface area contributed by atoms with Crippen LogP contribution in [0.25, 0.3) is 0 Å². The summed E-state index contributed by atoms with van der Waals surface area (Å²) in [7, 11) is 0. The third-order valence-corrected chi connectivity index (χ3v) is 14.6. The number of nitrogens with one attached hydrogen (secondary N) is 1. The molecule has 0 bridgehead atoms. The van der Waals surface area contributed by atoms with E-state index in [0.29, 0.717) is 6.42 Å². The van der Waals surface area contributed by atoms with Gasteiger partial charge in [0.15, 0.2) is 6.29 Å². The Morgan fingerprint density at radius 2 is 0.776 bits per heavy atom. The summed E-state index contributed by atoms with van der Waals surface area (Å²) in [5.74, 6) is -0.250. The molecule has 1 fully saturated rings. The maximum absolute atomic E-state index is 13.1. The van der Waals surface area contributed by atoms with Crippen molar-refractivity contribution in [1.29, 1.82) is 0 Å². The minimum absolute atomic E-state index is 0.250. The lowest BCUT2D eigenvalue weighted by atomic mass is 9.98. The van der Waals surface area contributed by atoms with Crippen LogP contribution in [-0.4, -0.2) is 98.7 Å². The molecule has 10 nitrogen and oxygen atoms in total. The van der Waals surface area contributed by atoms with Gasteiger partial charge in [0, 0.05) is 6.42 Å². The molecule has 0 aliphatic carbocycles. The molecule has 1 amide bonds. The van der Waals surface area contributed by atoms with Gasteiger partial charge in [-0.2, -0.15) is 0 Å². The number of hydrogen-bond acceptors (Lipinski definition) is 9. The number of amides is 1. The molecule has 1 rings (SSSR count). The van der Waals surface area contributed by atoms with Gasteiger partial charge in [0.05, 0.1) is 25.4 Å². The van der Waals surface area contributed by atoms with Gasteiger partial charge in [0.2, 0.25) is 5.91 Å².